The normalized spacial score (nSPS) is 39.7. The third kappa shape index (κ3) is 4.07. The van der Waals surface area contributed by atoms with Crippen molar-refractivity contribution in [3.63, 3.8) is 0 Å². The standard InChI is InChI=1S/C38H48O6/c1-24(2)32-18-28-20-37(35-40-16-17-41-35)31-15-14-25(3)30(31)21-36(28,33(39)19-29-22-42-29)38(32,37)44-23-43-34(26-10-6-4-7-11-26)27-12-8-5-9-13-27/h4-13,18,24-25,28-31,33-35,39H,14-17,19-23H2,1-3H3/t25-,28?,29?,30-,31-,33?,36?,37?,38?/m1/s1. The number of rotatable bonds is 11. The highest BCUT2D eigenvalue weighted by molar-refractivity contribution is 5.47. The second kappa shape index (κ2) is 11.0. The summed E-state index contributed by atoms with van der Waals surface area (Å²) in [6.45, 7) is 9.04. The molecule has 2 saturated heterocycles. The number of benzene rings is 2. The molecule has 8 rings (SSSR count). The molecule has 1 N–H and O–H groups in total. The summed E-state index contributed by atoms with van der Waals surface area (Å²) in [6, 6.07) is 20.8. The summed E-state index contributed by atoms with van der Waals surface area (Å²) in [7, 11) is 0. The molecule has 4 aliphatic carbocycles. The van der Waals surface area contributed by atoms with Crippen LogP contribution in [0.1, 0.15) is 70.1 Å². The SMILES string of the molecule is CC(C)C1=CC2CC3(C4OCCO4)[C@@H]4CC[C@@H](C)[C@H]4CC2(C(O)CC2CO2)C13OCOC(c1ccccc1)c1ccccc1. The van der Waals surface area contributed by atoms with Crippen molar-refractivity contribution < 1.29 is 28.8 Å². The molecule has 0 amide bonds. The van der Waals surface area contributed by atoms with Gasteiger partial charge >= 0.3 is 0 Å². The molecule has 3 saturated carbocycles. The van der Waals surface area contributed by atoms with Crippen molar-refractivity contribution >= 4 is 0 Å². The average Bonchev–Trinajstić information content (AvgIpc) is 3.35. The van der Waals surface area contributed by atoms with Crippen LogP contribution in [0.3, 0.4) is 0 Å². The second-order valence-electron chi connectivity index (χ2n) is 14.8. The number of aliphatic hydroxyl groups is 1. The molecular formula is C38H48O6. The maximum Gasteiger partial charge on any atom is 0.166 e. The fourth-order valence-electron chi connectivity index (χ4n) is 11.0. The van der Waals surface area contributed by atoms with Gasteiger partial charge in [0.25, 0.3) is 0 Å². The van der Waals surface area contributed by atoms with E-state index in [-0.39, 0.29) is 42.5 Å². The van der Waals surface area contributed by atoms with Gasteiger partial charge in [-0.3, -0.25) is 0 Å². The molecule has 44 heavy (non-hydrogen) atoms. The Hall–Kier alpha value is -2.06. The summed E-state index contributed by atoms with van der Waals surface area (Å²) < 4.78 is 33.2. The molecule has 5 fully saturated rings. The Morgan fingerprint density at radius 1 is 0.909 bits per heavy atom. The van der Waals surface area contributed by atoms with Gasteiger partial charge in [0.2, 0.25) is 0 Å². The van der Waals surface area contributed by atoms with Crippen LogP contribution in [-0.2, 0) is 23.7 Å². The molecule has 0 aromatic heterocycles. The number of allylic oxidation sites excluding steroid dienone is 1. The highest BCUT2D eigenvalue weighted by Gasteiger charge is 2.86. The second-order valence-corrected chi connectivity index (χ2v) is 14.8. The van der Waals surface area contributed by atoms with E-state index in [0.29, 0.717) is 37.4 Å². The summed E-state index contributed by atoms with van der Waals surface area (Å²) in [5.74, 6) is 1.95. The van der Waals surface area contributed by atoms with E-state index in [1.54, 1.807) is 0 Å². The van der Waals surface area contributed by atoms with Crippen molar-refractivity contribution in [2.45, 2.75) is 83.1 Å². The number of epoxide rings is 1. The fraction of sp³-hybridized carbons (Fsp3) is 0.632. The Labute approximate surface area is 262 Å². The Bertz CT molecular complexity index is 1310. The van der Waals surface area contributed by atoms with Crippen molar-refractivity contribution in [3.05, 3.63) is 83.4 Å². The molecule has 0 radical (unpaired) electrons. The minimum Gasteiger partial charge on any atom is -0.392 e. The van der Waals surface area contributed by atoms with Gasteiger partial charge < -0.3 is 28.8 Å². The predicted molar refractivity (Wildman–Crippen MR) is 166 cm³/mol. The van der Waals surface area contributed by atoms with E-state index in [4.69, 9.17) is 23.7 Å². The van der Waals surface area contributed by atoms with Crippen LogP contribution in [0.5, 0.6) is 0 Å². The number of hydrogen-bond donors (Lipinski definition) is 1. The number of hydrogen-bond acceptors (Lipinski definition) is 6. The quantitative estimate of drug-likeness (QED) is 0.176. The first-order valence-corrected chi connectivity index (χ1v) is 17.0. The lowest BCUT2D eigenvalue weighted by Crippen LogP contribution is -2.70. The third-order valence-corrected chi connectivity index (χ3v) is 12.6. The summed E-state index contributed by atoms with van der Waals surface area (Å²) >= 11 is 0. The van der Waals surface area contributed by atoms with Gasteiger partial charge in [0.1, 0.15) is 18.5 Å². The van der Waals surface area contributed by atoms with Crippen molar-refractivity contribution in [2.75, 3.05) is 26.6 Å². The van der Waals surface area contributed by atoms with Crippen molar-refractivity contribution in [1.29, 1.82) is 0 Å². The summed E-state index contributed by atoms with van der Waals surface area (Å²) in [4.78, 5) is 0. The molecule has 6 heteroatoms. The smallest absolute Gasteiger partial charge is 0.166 e. The van der Waals surface area contributed by atoms with E-state index in [9.17, 15) is 5.11 Å². The first-order chi connectivity index (χ1) is 21.4. The Morgan fingerprint density at radius 3 is 2.18 bits per heavy atom. The van der Waals surface area contributed by atoms with E-state index in [2.05, 4.69) is 75.4 Å². The van der Waals surface area contributed by atoms with Crippen molar-refractivity contribution in [3.8, 4) is 0 Å². The molecule has 2 aromatic rings. The van der Waals surface area contributed by atoms with E-state index < -0.39 is 17.1 Å². The van der Waals surface area contributed by atoms with Gasteiger partial charge in [0.05, 0.1) is 37.4 Å². The molecule has 6 unspecified atom stereocenters. The highest BCUT2D eigenvalue weighted by Crippen LogP contribution is 2.82. The van der Waals surface area contributed by atoms with Gasteiger partial charge in [-0.25, -0.2) is 0 Å². The van der Waals surface area contributed by atoms with E-state index in [1.807, 2.05) is 12.1 Å². The summed E-state index contributed by atoms with van der Waals surface area (Å²) in [5.41, 5.74) is 1.87. The summed E-state index contributed by atoms with van der Waals surface area (Å²) in [6.07, 6.45) is 6.32. The highest BCUT2D eigenvalue weighted by atomic mass is 16.7. The van der Waals surface area contributed by atoms with Crippen LogP contribution in [-0.4, -0.2) is 55.8 Å². The van der Waals surface area contributed by atoms with Crippen molar-refractivity contribution in [2.24, 2.45) is 40.4 Å². The molecule has 236 valence electrons. The number of fused-ring (bicyclic) bond motifs is 2. The first-order valence-electron chi connectivity index (χ1n) is 17.0. The molecule has 9 atom stereocenters. The predicted octanol–water partition coefficient (Wildman–Crippen LogP) is 6.68. The molecule has 6 nitrogen and oxygen atoms in total. The van der Waals surface area contributed by atoms with Crippen LogP contribution in [0.25, 0.3) is 0 Å². The summed E-state index contributed by atoms with van der Waals surface area (Å²) in [5, 5.41) is 12.5. The topological polar surface area (TPSA) is 69.7 Å². The minimum atomic E-state index is -0.759. The molecule has 2 heterocycles. The zero-order valence-electron chi connectivity index (χ0n) is 26.4. The zero-order valence-corrected chi connectivity index (χ0v) is 26.4. The van der Waals surface area contributed by atoms with E-state index in [1.165, 1.54) is 12.0 Å². The van der Waals surface area contributed by atoms with Gasteiger partial charge in [-0.2, -0.15) is 0 Å². The first kappa shape index (κ1) is 29.3. The number of aliphatic hydroxyl groups excluding tert-OH is 1. The van der Waals surface area contributed by atoms with Gasteiger partial charge in [0, 0.05) is 11.8 Å². The van der Waals surface area contributed by atoms with Crippen molar-refractivity contribution in [1.82, 2.24) is 0 Å². The van der Waals surface area contributed by atoms with Crippen LogP contribution in [0.15, 0.2) is 72.3 Å². The van der Waals surface area contributed by atoms with E-state index >= 15 is 0 Å². The Balaban J connectivity index is 1.24. The van der Waals surface area contributed by atoms with Gasteiger partial charge in [-0.15, -0.1) is 0 Å². The van der Waals surface area contributed by atoms with Crippen LogP contribution in [0.4, 0.5) is 0 Å². The van der Waals surface area contributed by atoms with Crippen LogP contribution in [0, 0.1) is 40.4 Å². The molecule has 2 aromatic carbocycles. The monoisotopic (exact) mass is 600 g/mol. The fourth-order valence-corrected chi connectivity index (χ4v) is 11.0. The lowest BCUT2D eigenvalue weighted by Gasteiger charge is -2.64. The lowest BCUT2D eigenvalue weighted by molar-refractivity contribution is -0.312. The van der Waals surface area contributed by atoms with Crippen LogP contribution < -0.4 is 0 Å². The van der Waals surface area contributed by atoms with Gasteiger partial charge in [-0.1, -0.05) is 93.9 Å². The maximum absolute atomic E-state index is 12.5. The van der Waals surface area contributed by atoms with Gasteiger partial charge in [-0.05, 0) is 65.6 Å². The lowest BCUT2D eigenvalue weighted by atomic mass is 9.46. The molecular weight excluding hydrogens is 552 g/mol. The molecule has 6 aliphatic rings. The molecule has 0 spiro atoms. The van der Waals surface area contributed by atoms with Crippen LogP contribution in [0.2, 0.25) is 0 Å². The minimum absolute atomic E-state index is 0.112. The maximum atomic E-state index is 12.5. The van der Waals surface area contributed by atoms with E-state index in [0.717, 1.165) is 37.0 Å². The third-order valence-electron chi connectivity index (χ3n) is 12.6. The average molecular weight is 601 g/mol. The molecule has 4 bridgehead atoms. The number of ether oxygens (including phenoxy) is 5. The Kier molecular flexibility index (Phi) is 7.36. The zero-order chi connectivity index (χ0) is 30.1. The largest absolute Gasteiger partial charge is 0.392 e. The van der Waals surface area contributed by atoms with Crippen LogP contribution >= 0.6 is 0 Å². The Morgan fingerprint density at radius 2 is 1.57 bits per heavy atom. The van der Waals surface area contributed by atoms with Gasteiger partial charge in [0.15, 0.2) is 6.29 Å². The molecule has 2 aliphatic heterocycles.